The van der Waals surface area contributed by atoms with E-state index in [1.54, 1.807) is 19.2 Å². The highest BCUT2D eigenvalue weighted by atomic mass is 16.5. The fourth-order valence-corrected chi connectivity index (χ4v) is 3.88. The number of hydrogen-bond acceptors (Lipinski definition) is 3. The van der Waals surface area contributed by atoms with Crippen LogP contribution in [0.25, 0.3) is 0 Å². The van der Waals surface area contributed by atoms with Crippen LogP contribution in [0, 0.1) is 0 Å². The van der Waals surface area contributed by atoms with Crippen LogP contribution in [0.1, 0.15) is 53.7 Å². The molecule has 0 aliphatic heterocycles. The number of methoxy groups -OCH3 is 1. The third-order valence-corrected chi connectivity index (χ3v) is 5.51. The number of hydrogen-bond donors (Lipinski definition) is 2. The molecule has 0 saturated carbocycles. The normalized spacial score (nSPS) is 12.3. The Morgan fingerprint density at radius 2 is 1.41 bits per heavy atom. The van der Waals surface area contributed by atoms with Gasteiger partial charge in [-0.2, -0.15) is 0 Å². The second-order valence-corrected chi connectivity index (χ2v) is 8.82. The summed E-state index contributed by atoms with van der Waals surface area (Å²) in [5.74, 6) is -0.662. The summed E-state index contributed by atoms with van der Waals surface area (Å²) in [6.07, 6.45) is 0. The van der Waals surface area contributed by atoms with Gasteiger partial charge in [0.25, 0.3) is 5.91 Å². The van der Waals surface area contributed by atoms with Crippen molar-refractivity contribution in [3.05, 3.63) is 101 Å². The van der Waals surface area contributed by atoms with Crippen LogP contribution >= 0.6 is 0 Å². The van der Waals surface area contributed by atoms with Gasteiger partial charge in [-0.15, -0.1) is 0 Å². The molecule has 3 aromatic carbocycles. The molecule has 0 radical (unpaired) electrons. The number of benzene rings is 3. The Bertz CT molecular complexity index is 1030. The van der Waals surface area contributed by atoms with Gasteiger partial charge >= 0.3 is 0 Å². The molecule has 0 aromatic heterocycles. The molecule has 0 heterocycles. The second kappa shape index (κ2) is 9.69. The molecular formula is C27H30N2O3. The van der Waals surface area contributed by atoms with Crippen molar-refractivity contribution < 1.29 is 14.3 Å². The van der Waals surface area contributed by atoms with Crippen molar-refractivity contribution in [2.45, 2.75) is 38.1 Å². The van der Waals surface area contributed by atoms with Gasteiger partial charge in [-0.3, -0.25) is 9.59 Å². The first kappa shape index (κ1) is 23.1. The lowest BCUT2D eigenvalue weighted by Crippen LogP contribution is -2.48. The highest BCUT2D eigenvalue weighted by Gasteiger charge is 2.31. The maximum absolute atomic E-state index is 13.2. The topological polar surface area (TPSA) is 81.4 Å². The van der Waals surface area contributed by atoms with Crippen molar-refractivity contribution in [2.24, 2.45) is 5.73 Å². The van der Waals surface area contributed by atoms with Gasteiger partial charge in [0.2, 0.25) is 5.91 Å². The summed E-state index contributed by atoms with van der Waals surface area (Å²) in [7, 11) is 1.61. The Morgan fingerprint density at radius 1 is 0.875 bits per heavy atom. The van der Waals surface area contributed by atoms with Crippen LogP contribution in [-0.4, -0.2) is 25.0 Å². The molecule has 5 heteroatoms. The van der Waals surface area contributed by atoms with E-state index in [0.717, 1.165) is 16.7 Å². The molecule has 3 aromatic rings. The molecule has 0 bridgehead atoms. The number of ether oxygens (including phenoxy) is 1. The van der Waals surface area contributed by atoms with Crippen LogP contribution < -0.4 is 15.8 Å². The molecule has 0 fully saturated rings. The predicted octanol–water partition coefficient (Wildman–Crippen LogP) is 4.41. The smallest absolute Gasteiger partial charge is 0.251 e. The number of amides is 2. The Hall–Kier alpha value is -3.60. The fraction of sp³-hybridized carbons (Fsp3) is 0.259. The third-order valence-electron chi connectivity index (χ3n) is 5.51. The molecule has 1 atom stereocenters. The molecule has 3 N–H and O–H groups in total. The van der Waals surface area contributed by atoms with Gasteiger partial charge in [-0.1, -0.05) is 81.4 Å². The van der Waals surface area contributed by atoms with E-state index in [0.29, 0.717) is 11.3 Å². The SMILES string of the molecule is COc1ccc(C(=O)N[C@H](C(N)=O)C(c2ccccc2)c2ccccc2)cc1C(C)(C)C. The first-order valence-corrected chi connectivity index (χ1v) is 10.6. The van der Waals surface area contributed by atoms with Gasteiger partial charge in [0, 0.05) is 17.0 Å². The lowest BCUT2D eigenvalue weighted by Gasteiger charge is -2.27. The summed E-state index contributed by atoms with van der Waals surface area (Å²) in [4.78, 5) is 25.8. The van der Waals surface area contributed by atoms with Crippen LogP contribution in [0.4, 0.5) is 0 Å². The zero-order chi connectivity index (χ0) is 23.3. The number of nitrogens with two attached hydrogens (primary N) is 1. The molecule has 3 rings (SSSR count). The number of carbonyl (C=O) groups is 2. The maximum Gasteiger partial charge on any atom is 0.251 e. The van der Waals surface area contributed by atoms with E-state index < -0.39 is 17.9 Å². The van der Waals surface area contributed by atoms with E-state index in [1.165, 1.54) is 0 Å². The van der Waals surface area contributed by atoms with Gasteiger partial charge < -0.3 is 15.8 Å². The molecule has 2 amide bonds. The predicted molar refractivity (Wildman–Crippen MR) is 127 cm³/mol. The molecule has 0 spiro atoms. The number of nitrogens with one attached hydrogen (secondary N) is 1. The standard InChI is InChI=1S/C27H30N2O3/c1-27(2,3)21-17-20(15-16-22(21)32-4)26(31)29-24(25(28)30)23(18-11-7-5-8-12-18)19-13-9-6-10-14-19/h5-17,23-24H,1-4H3,(H2,28,30)(H,29,31)/t24-/m0/s1. The highest BCUT2D eigenvalue weighted by Crippen LogP contribution is 2.32. The lowest BCUT2D eigenvalue weighted by molar-refractivity contribution is -0.120. The summed E-state index contributed by atoms with van der Waals surface area (Å²) in [6, 6.07) is 23.6. The molecule has 0 aliphatic rings. The maximum atomic E-state index is 13.2. The minimum atomic E-state index is -0.924. The lowest BCUT2D eigenvalue weighted by atomic mass is 9.84. The van der Waals surface area contributed by atoms with Crippen LogP contribution in [-0.2, 0) is 10.2 Å². The quantitative estimate of drug-likeness (QED) is 0.583. The van der Waals surface area contributed by atoms with Gasteiger partial charge in [-0.25, -0.2) is 0 Å². The van der Waals surface area contributed by atoms with Gasteiger partial charge in [-0.05, 0) is 34.7 Å². The van der Waals surface area contributed by atoms with Gasteiger partial charge in [0.05, 0.1) is 7.11 Å². The van der Waals surface area contributed by atoms with Gasteiger partial charge in [0.1, 0.15) is 11.8 Å². The van der Waals surface area contributed by atoms with Crippen LogP contribution in [0.15, 0.2) is 78.9 Å². The van der Waals surface area contributed by atoms with E-state index in [4.69, 9.17) is 10.5 Å². The van der Waals surface area contributed by atoms with Crippen LogP contribution in [0.2, 0.25) is 0 Å². The molecule has 166 valence electrons. The van der Waals surface area contributed by atoms with E-state index in [-0.39, 0.29) is 11.3 Å². The fourth-order valence-electron chi connectivity index (χ4n) is 3.88. The van der Waals surface area contributed by atoms with Crippen LogP contribution in [0.3, 0.4) is 0 Å². The first-order chi connectivity index (χ1) is 15.2. The Morgan fingerprint density at radius 3 is 1.84 bits per heavy atom. The van der Waals surface area contributed by atoms with Crippen LogP contribution in [0.5, 0.6) is 5.75 Å². The molecule has 0 aliphatic carbocycles. The molecule has 32 heavy (non-hydrogen) atoms. The summed E-state index contributed by atoms with van der Waals surface area (Å²) in [5, 5.41) is 2.89. The Kier molecular flexibility index (Phi) is 6.98. The van der Waals surface area contributed by atoms with Crippen molar-refractivity contribution in [1.29, 1.82) is 0 Å². The zero-order valence-corrected chi connectivity index (χ0v) is 19.0. The third kappa shape index (κ3) is 5.17. The van der Waals surface area contributed by atoms with Crippen molar-refractivity contribution in [2.75, 3.05) is 7.11 Å². The average Bonchev–Trinajstić information content (AvgIpc) is 2.79. The van der Waals surface area contributed by atoms with Crippen molar-refractivity contribution in [1.82, 2.24) is 5.32 Å². The number of primary amides is 1. The minimum absolute atomic E-state index is 0.221. The Labute approximate surface area is 189 Å². The van der Waals surface area contributed by atoms with E-state index in [1.807, 2.05) is 66.7 Å². The molecule has 0 unspecified atom stereocenters. The van der Waals surface area contributed by atoms with Crippen molar-refractivity contribution in [3.63, 3.8) is 0 Å². The summed E-state index contributed by atoms with van der Waals surface area (Å²) >= 11 is 0. The van der Waals surface area contributed by atoms with Crippen molar-refractivity contribution in [3.8, 4) is 5.75 Å². The number of rotatable bonds is 7. The van der Waals surface area contributed by atoms with E-state index in [9.17, 15) is 9.59 Å². The highest BCUT2D eigenvalue weighted by molar-refractivity contribution is 5.98. The summed E-state index contributed by atoms with van der Waals surface area (Å²) < 4.78 is 5.47. The molecular weight excluding hydrogens is 400 g/mol. The van der Waals surface area contributed by atoms with Gasteiger partial charge in [0.15, 0.2) is 0 Å². The van der Waals surface area contributed by atoms with E-state index >= 15 is 0 Å². The zero-order valence-electron chi connectivity index (χ0n) is 19.0. The molecule has 5 nitrogen and oxygen atoms in total. The average molecular weight is 431 g/mol. The summed E-state index contributed by atoms with van der Waals surface area (Å²) in [5.41, 5.74) is 8.74. The minimum Gasteiger partial charge on any atom is -0.496 e. The first-order valence-electron chi connectivity index (χ1n) is 10.6. The van der Waals surface area contributed by atoms with E-state index in [2.05, 4.69) is 26.1 Å². The monoisotopic (exact) mass is 430 g/mol. The molecule has 0 saturated heterocycles. The largest absolute Gasteiger partial charge is 0.496 e. The second-order valence-electron chi connectivity index (χ2n) is 8.82. The number of carbonyl (C=O) groups excluding carboxylic acids is 2. The van der Waals surface area contributed by atoms with Crippen molar-refractivity contribution >= 4 is 11.8 Å². The Balaban J connectivity index is 2.00. The summed E-state index contributed by atoms with van der Waals surface area (Å²) in [6.45, 7) is 6.17.